The first-order valence-electron chi connectivity index (χ1n) is 9.56. The molecule has 0 atom stereocenters. The molecule has 0 bridgehead atoms. The van der Waals surface area contributed by atoms with Crippen LogP contribution in [0.25, 0.3) is 0 Å². The molecule has 2 rings (SSSR count). The Bertz CT molecular complexity index is 836. The number of hydrogen-bond acceptors (Lipinski definition) is 5. The summed E-state index contributed by atoms with van der Waals surface area (Å²) in [6, 6.07) is 13.0. The number of carbonyl (C=O) groups excluding carboxylic acids is 2. The zero-order valence-corrected chi connectivity index (χ0v) is 17.3. The van der Waals surface area contributed by atoms with Crippen LogP contribution >= 0.6 is 0 Å². The van der Waals surface area contributed by atoms with Crippen LogP contribution < -0.4 is 25.1 Å². The van der Waals surface area contributed by atoms with Gasteiger partial charge < -0.3 is 14.2 Å². The van der Waals surface area contributed by atoms with Crippen molar-refractivity contribution < 1.29 is 23.8 Å². The molecule has 156 valence electrons. The minimum absolute atomic E-state index is 0.211. The fourth-order valence-electron chi connectivity index (χ4n) is 2.59. The van der Waals surface area contributed by atoms with Crippen molar-refractivity contribution in [3.63, 3.8) is 0 Å². The second-order valence-corrected chi connectivity index (χ2v) is 6.75. The molecule has 0 aromatic heterocycles. The summed E-state index contributed by atoms with van der Waals surface area (Å²) in [6.45, 7) is 7.95. The van der Waals surface area contributed by atoms with Crippen LogP contribution in [0.2, 0.25) is 0 Å². The number of carbonyl (C=O) groups is 2. The fourth-order valence-corrected chi connectivity index (χ4v) is 2.59. The highest BCUT2D eigenvalue weighted by atomic mass is 16.5. The van der Waals surface area contributed by atoms with Crippen LogP contribution in [0, 0.1) is 6.92 Å². The van der Waals surface area contributed by atoms with Crippen molar-refractivity contribution in [2.45, 2.75) is 33.6 Å². The summed E-state index contributed by atoms with van der Waals surface area (Å²) in [5.41, 5.74) is 6.69. The fraction of sp³-hybridized carbons (Fsp3) is 0.364. The Balaban J connectivity index is 1.78. The zero-order valence-electron chi connectivity index (χ0n) is 17.3. The van der Waals surface area contributed by atoms with E-state index in [1.807, 2.05) is 38.1 Å². The van der Waals surface area contributed by atoms with Gasteiger partial charge in [-0.05, 0) is 49.1 Å². The quantitative estimate of drug-likeness (QED) is 0.632. The average molecular weight is 400 g/mol. The van der Waals surface area contributed by atoms with E-state index in [2.05, 4.69) is 24.7 Å². The van der Waals surface area contributed by atoms with E-state index in [1.54, 1.807) is 18.2 Å². The van der Waals surface area contributed by atoms with Gasteiger partial charge in [-0.2, -0.15) is 0 Å². The van der Waals surface area contributed by atoms with Crippen LogP contribution in [0.3, 0.4) is 0 Å². The molecule has 0 spiro atoms. The first kappa shape index (κ1) is 22.1. The third-order valence-corrected chi connectivity index (χ3v) is 4.00. The number of ether oxygens (including phenoxy) is 3. The third kappa shape index (κ3) is 7.03. The van der Waals surface area contributed by atoms with Gasteiger partial charge >= 0.3 is 0 Å². The molecule has 0 saturated heterocycles. The lowest BCUT2D eigenvalue weighted by atomic mass is 10.0. The maximum absolute atomic E-state index is 12.0. The summed E-state index contributed by atoms with van der Waals surface area (Å²) in [4.78, 5) is 23.9. The molecule has 0 aliphatic rings. The van der Waals surface area contributed by atoms with E-state index in [1.165, 1.54) is 0 Å². The molecule has 29 heavy (non-hydrogen) atoms. The Hall–Kier alpha value is -3.22. The van der Waals surface area contributed by atoms with Crippen LogP contribution in [0.15, 0.2) is 42.5 Å². The van der Waals surface area contributed by atoms with Gasteiger partial charge in [0, 0.05) is 0 Å². The maximum Gasteiger partial charge on any atom is 0.276 e. The molecule has 0 radical (unpaired) electrons. The Kier molecular flexibility index (Phi) is 8.33. The average Bonchev–Trinajstić information content (AvgIpc) is 2.70. The maximum atomic E-state index is 12.0. The minimum Gasteiger partial charge on any atom is -0.490 e. The van der Waals surface area contributed by atoms with Gasteiger partial charge in [0.2, 0.25) is 0 Å². The highest BCUT2D eigenvalue weighted by molar-refractivity contribution is 5.83. The first-order chi connectivity index (χ1) is 13.9. The zero-order chi connectivity index (χ0) is 21.2. The second-order valence-electron chi connectivity index (χ2n) is 6.75. The SMILES string of the molecule is CCOc1ccccc1OCC(=O)NNC(=O)COc1cc(C)ccc1C(C)C. The molecule has 2 aromatic carbocycles. The van der Waals surface area contributed by atoms with Crippen LogP contribution in [-0.4, -0.2) is 31.6 Å². The Morgan fingerprint density at radius 1 is 0.862 bits per heavy atom. The predicted octanol–water partition coefficient (Wildman–Crippen LogP) is 3.12. The minimum atomic E-state index is -0.497. The molecule has 2 amide bonds. The summed E-state index contributed by atoms with van der Waals surface area (Å²) >= 11 is 0. The molecular weight excluding hydrogens is 372 g/mol. The van der Waals surface area contributed by atoms with E-state index in [0.717, 1.165) is 11.1 Å². The Morgan fingerprint density at radius 3 is 1.97 bits per heavy atom. The third-order valence-electron chi connectivity index (χ3n) is 4.00. The lowest BCUT2D eigenvalue weighted by Crippen LogP contribution is -2.45. The normalized spacial score (nSPS) is 10.4. The highest BCUT2D eigenvalue weighted by Crippen LogP contribution is 2.27. The molecule has 0 saturated carbocycles. The van der Waals surface area contributed by atoms with Crippen molar-refractivity contribution in [2.75, 3.05) is 19.8 Å². The lowest BCUT2D eigenvalue weighted by molar-refractivity contribution is -0.131. The van der Waals surface area contributed by atoms with E-state index in [-0.39, 0.29) is 19.1 Å². The van der Waals surface area contributed by atoms with E-state index < -0.39 is 11.8 Å². The molecule has 0 heterocycles. The number of aryl methyl sites for hydroxylation is 1. The summed E-state index contributed by atoms with van der Waals surface area (Å²) in [6.07, 6.45) is 0. The van der Waals surface area contributed by atoms with Crippen molar-refractivity contribution in [2.24, 2.45) is 0 Å². The van der Waals surface area contributed by atoms with Crippen molar-refractivity contribution in [1.29, 1.82) is 0 Å². The monoisotopic (exact) mass is 400 g/mol. The van der Waals surface area contributed by atoms with Crippen molar-refractivity contribution in [3.05, 3.63) is 53.6 Å². The number of hydrazine groups is 1. The van der Waals surface area contributed by atoms with Gasteiger partial charge in [-0.3, -0.25) is 20.4 Å². The molecule has 0 fully saturated rings. The number of amides is 2. The molecule has 7 nitrogen and oxygen atoms in total. The molecule has 2 N–H and O–H groups in total. The topological polar surface area (TPSA) is 85.9 Å². The van der Waals surface area contributed by atoms with Gasteiger partial charge in [-0.25, -0.2) is 0 Å². The van der Waals surface area contributed by atoms with E-state index in [0.29, 0.717) is 23.9 Å². The summed E-state index contributed by atoms with van der Waals surface area (Å²) < 4.78 is 16.5. The lowest BCUT2D eigenvalue weighted by Gasteiger charge is -2.15. The summed E-state index contributed by atoms with van der Waals surface area (Å²) in [5, 5.41) is 0. The first-order valence-corrected chi connectivity index (χ1v) is 9.56. The largest absolute Gasteiger partial charge is 0.490 e. The molecule has 2 aromatic rings. The molecule has 0 unspecified atom stereocenters. The number of benzene rings is 2. The van der Waals surface area contributed by atoms with Crippen LogP contribution in [0.4, 0.5) is 0 Å². The molecule has 7 heteroatoms. The van der Waals surface area contributed by atoms with Crippen molar-refractivity contribution in [3.8, 4) is 17.2 Å². The van der Waals surface area contributed by atoms with E-state index in [9.17, 15) is 9.59 Å². The van der Waals surface area contributed by atoms with Crippen LogP contribution in [0.5, 0.6) is 17.2 Å². The van der Waals surface area contributed by atoms with Crippen LogP contribution in [0.1, 0.15) is 37.8 Å². The Labute approximate surface area is 171 Å². The van der Waals surface area contributed by atoms with E-state index >= 15 is 0 Å². The summed E-state index contributed by atoms with van der Waals surface area (Å²) in [7, 11) is 0. The van der Waals surface area contributed by atoms with Gasteiger partial charge in [-0.1, -0.05) is 38.1 Å². The van der Waals surface area contributed by atoms with Gasteiger partial charge in [0.1, 0.15) is 5.75 Å². The number of hydrogen-bond donors (Lipinski definition) is 2. The molecule has 0 aliphatic carbocycles. The predicted molar refractivity (Wildman–Crippen MR) is 110 cm³/mol. The smallest absolute Gasteiger partial charge is 0.276 e. The Morgan fingerprint density at radius 2 is 1.41 bits per heavy atom. The van der Waals surface area contributed by atoms with Gasteiger partial charge in [0.15, 0.2) is 24.7 Å². The molecular formula is C22H28N2O5. The molecule has 0 aliphatic heterocycles. The number of nitrogens with one attached hydrogen (secondary N) is 2. The van der Waals surface area contributed by atoms with Gasteiger partial charge in [-0.15, -0.1) is 0 Å². The summed E-state index contributed by atoms with van der Waals surface area (Å²) in [5.74, 6) is 0.981. The van der Waals surface area contributed by atoms with E-state index in [4.69, 9.17) is 14.2 Å². The standard InChI is InChI=1S/C22H28N2O5/c1-5-27-18-8-6-7-9-19(18)28-13-21(25)23-24-22(26)14-29-20-12-16(4)10-11-17(20)15(2)3/h6-12,15H,5,13-14H2,1-4H3,(H,23,25)(H,24,26). The van der Waals surface area contributed by atoms with Crippen LogP contribution in [-0.2, 0) is 9.59 Å². The van der Waals surface area contributed by atoms with Gasteiger partial charge in [0.05, 0.1) is 6.61 Å². The number of para-hydroxylation sites is 2. The van der Waals surface area contributed by atoms with Gasteiger partial charge in [0.25, 0.3) is 11.8 Å². The number of rotatable bonds is 9. The van der Waals surface area contributed by atoms with Crippen molar-refractivity contribution >= 4 is 11.8 Å². The van der Waals surface area contributed by atoms with Crippen molar-refractivity contribution in [1.82, 2.24) is 10.9 Å². The highest BCUT2D eigenvalue weighted by Gasteiger charge is 2.12. The second kappa shape index (κ2) is 10.9.